The van der Waals surface area contributed by atoms with Gasteiger partial charge in [-0.1, -0.05) is 30.3 Å². The zero-order chi connectivity index (χ0) is 21.0. The predicted molar refractivity (Wildman–Crippen MR) is 115 cm³/mol. The van der Waals surface area contributed by atoms with Gasteiger partial charge in [0.15, 0.2) is 0 Å². The van der Waals surface area contributed by atoms with E-state index in [2.05, 4.69) is 10.4 Å². The number of hydrogen-bond donors (Lipinski definition) is 1. The first-order chi connectivity index (χ1) is 14.5. The van der Waals surface area contributed by atoms with Crippen LogP contribution in [0.15, 0.2) is 64.4 Å². The highest BCUT2D eigenvalue weighted by molar-refractivity contribution is 7.91. The Bertz CT molecular complexity index is 1080. The first-order valence-corrected chi connectivity index (χ1v) is 12.2. The molecule has 9 heteroatoms. The summed E-state index contributed by atoms with van der Waals surface area (Å²) in [5.74, 6) is -0.443. The van der Waals surface area contributed by atoms with E-state index in [0.717, 1.165) is 11.1 Å². The molecule has 1 N–H and O–H groups in total. The maximum atomic E-state index is 12.8. The lowest BCUT2D eigenvalue weighted by Crippen LogP contribution is -2.45. The van der Waals surface area contributed by atoms with Crippen LogP contribution in [0, 0.1) is 5.92 Å². The normalized spacial score (nSPS) is 17.7. The summed E-state index contributed by atoms with van der Waals surface area (Å²) in [7, 11) is -3.53. The number of sulfonamides is 1. The Morgan fingerprint density at radius 3 is 2.73 bits per heavy atom. The van der Waals surface area contributed by atoms with Crippen LogP contribution in [0.25, 0.3) is 0 Å². The summed E-state index contributed by atoms with van der Waals surface area (Å²) < 4.78 is 29.2. The molecule has 7 nitrogen and oxygen atoms in total. The molecule has 30 heavy (non-hydrogen) atoms. The number of hydrogen-bond acceptors (Lipinski definition) is 5. The fraction of sp³-hybridized carbons (Fsp3) is 0.333. The average Bonchev–Trinajstić information content (AvgIpc) is 3.48. The molecule has 1 aliphatic rings. The summed E-state index contributed by atoms with van der Waals surface area (Å²) in [5, 5.41) is 9.00. The molecule has 3 heterocycles. The number of nitrogens with zero attached hydrogens (tertiary/aromatic N) is 3. The number of piperidine rings is 1. The first kappa shape index (κ1) is 20.8. The molecule has 0 radical (unpaired) electrons. The quantitative estimate of drug-likeness (QED) is 0.607. The molecular weight excluding hydrogens is 420 g/mol. The Hall–Kier alpha value is -2.49. The van der Waals surface area contributed by atoms with Crippen molar-refractivity contribution in [2.24, 2.45) is 5.92 Å². The van der Waals surface area contributed by atoms with E-state index < -0.39 is 10.0 Å². The third kappa shape index (κ3) is 4.63. The molecule has 1 amide bonds. The van der Waals surface area contributed by atoms with Gasteiger partial charge in [-0.15, -0.1) is 11.3 Å². The van der Waals surface area contributed by atoms with Crippen LogP contribution in [-0.4, -0.2) is 41.5 Å². The highest BCUT2D eigenvalue weighted by Crippen LogP contribution is 2.26. The second-order valence-corrected chi connectivity index (χ2v) is 10.4. The Morgan fingerprint density at radius 1 is 1.17 bits per heavy atom. The minimum absolute atomic E-state index is 0.102. The predicted octanol–water partition coefficient (Wildman–Crippen LogP) is 2.71. The highest BCUT2D eigenvalue weighted by atomic mass is 32.2. The molecule has 1 aliphatic heterocycles. The van der Waals surface area contributed by atoms with E-state index in [4.69, 9.17) is 0 Å². The molecule has 2 aromatic heterocycles. The van der Waals surface area contributed by atoms with Crippen LogP contribution in [0.3, 0.4) is 0 Å². The zero-order valence-corrected chi connectivity index (χ0v) is 18.1. The maximum absolute atomic E-state index is 12.8. The van der Waals surface area contributed by atoms with E-state index in [1.807, 2.05) is 41.2 Å². The summed E-state index contributed by atoms with van der Waals surface area (Å²) in [6.45, 7) is 1.72. The van der Waals surface area contributed by atoms with Crippen molar-refractivity contribution < 1.29 is 13.2 Å². The van der Waals surface area contributed by atoms with Crippen molar-refractivity contribution in [3.63, 3.8) is 0 Å². The van der Waals surface area contributed by atoms with E-state index in [0.29, 0.717) is 36.7 Å². The fourth-order valence-corrected chi connectivity index (χ4v) is 6.36. The third-order valence-corrected chi connectivity index (χ3v) is 8.55. The molecule has 0 unspecified atom stereocenters. The molecule has 0 saturated carbocycles. The summed E-state index contributed by atoms with van der Waals surface area (Å²) in [5.41, 5.74) is 2.12. The van der Waals surface area contributed by atoms with Gasteiger partial charge in [0.1, 0.15) is 4.21 Å². The Morgan fingerprint density at radius 2 is 2.00 bits per heavy atom. The van der Waals surface area contributed by atoms with Crippen molar-refractivity contribution in [2.45, 2.75) is 30.1 Å². The maximum Gasteiger partial charge on any atom is 0.252 e. The highest BCUT2D eigenvalue weighted by Gasteiger charge is 2.33. The molecule has 1 aromatic carbocycles. The minimum Gasteiger partial charge on any atom is -0.352 e. The SMILES string of the molecule is O=C(NCc1ccccc1Cn1cccn1)[C@@H]1CCCN(S(=O)(=O)c2cccs2)C1. The van der Waals surface area contributed by atoms with Gasteiger partial charge < -0.3 is 5.32 Å². The number of amides is 1. The molecule has 0 aliphatic carbocycles. The van der Waals surface area contributed by atoms with Gasteiger partial charge in [-0.2, -0.15) is 9.40 Å². The van der Waals surface area contributed by atoms with Crippen molar-refractivity contribution in [3.8, 4) is 0 Å². The second-order valence-electron chi connectivity index (χ2n) is 7.32. The standard InChI is InChI=1S/C21H24N4O3S2/c26-21(19-8-3-12-25(16-19)30(27,28)20-9-4-13-29-20)22-14-17-6-1-2-7-18(17)15-24-11-5-10-23-24/h1-2,4-7,9-11,13,19H,3,8,12,14-16H2,(H,22,26)/t19-/m1/s1. The van der Waals surface area contributed by atoms with Crippen molar-refractivity contribution in [3.05, 3.63) is 71.4 Å². The van der Waals surface area contributed by atoms with Crippen LogP contribution in [0.4, 0.5) is 0 Å². The molecule has 1 fully saturated rings. The van der Waals surface area contributed by atoms with Gasteiger partial charge in [0.2, 0.25) is 5.91 Å². The van der Waals surface area contributed by atoms with Gasteiger partial charge >= 0.3 is 0 Å². The molecule has 1 saturated heterocycles. The monoisotopic (exact) mass is 444 g/mol. The molecule has 1 atom stereocenters. The second kappa shape index (κ2) is 9.11. The van der Waals surface area contributed by atoms with E-state index in [1.165, 1.54) is 15.6 Å². The van der Waals surface area contributed by atoms with Crippen LogP contribution in [-0.2, 0) is 27.9 Å². The van der Waals surface area contributed by atoms with Crippen molar-refractivity contribution >= 4 is 27.3 Å². The van der Waals surface area contributed by atoms with Gasteiger partial charge in [0.05, 0.1) is 12.5 Å². The van der Waals surface area contributed by atoms with Gasteiger partial charge in [-0.25, -0.2) is 8.42 Å². The van der Waals surface area contributed by atoms with Crippen LogP contribution < -0.4 is 5.32 Å². The summed E-state index contributed by atoms with van der Waals surface area (Å²) in [4.78, 5) is 12.8. The molecule has 4 rings (SSSR count). The van der Waals surface area contributed by atoms with E-state index in [1.54, 1.807) is 23.7 Å². The largest absolute Gasteiger partial charge is 0.352 e. The van der Waals surface area contributed by atoms with Gasteiger partial charge in [0.25, 0.3) is 10.0 Å². The van der Waals surface area contributed by atoms with Gasteiger partial charge in [-0.05, 0) is 41.5 Å². The molecule has 0 spiro atoms. The minimum atomic E-state index is -3.53. The van der Waals surface area contributed by atoms with Crippen LogP contribution in [0.5, 0.6) is 0 Å². The zero-order valence-electron chi connectivity index (χ0n) is 16.5. The van der Waals surface area contributed by atoms with Crippen LogP contribution in [0.1, 0.15) is 24.0 Å². The number of carbonyl (C=O) groups excluding carboxylic acids is 1. The average molecular weight is 445 g/mol. The number of aromatic nitrogens is 2. The smallest absolute Gasteiger partial charge is 0.252 e. The molecular formula is C21H24N4O3S2. The number of carbonyl (C=O) groups is 1. The van der Waals surface area contributed by atoms with E-state index >= 15 is 0 Å². The summed E-state index contributed by atoms with van der Waals surface area (Å²) in [6.07, 6.45) is 5.01. The Labute approximate surface area is 180 Å². The Balaban J connectivity index is 1.39. The summed E-state index contributed by atoms with van der Waals surface area (Å²) >= 11 is 1.21. The van der Waals surface area contributed by atoms with Crippen LogP contribution in [0.2, 0.25) is 0 Å². The fourth-order valence-electron chi connectivity index (χ4n) is 3.69. The molecule has 158 valence electrons. The summed E-state index contributed by atoms with van der Waals surface area (Å²) in [6, 6.07) is 13.2. The van der Waals surface area contributed by atoms with Gasteiger partial charge in [0, 0.05) is 32.0 Å². The third-order valence-electron chi connectivity index (χ3n) is 5.31. The topological polar surface area (TPSA) is 84.3 Å². The van der Waals surface area contributed by atoms with Crippen LogP contribution >= 0.6 is 11.3 Å². The molecule has 0 bridgehead atoms. The number of nitrogens with one attached hydrogen (secondary N) is 1. The van der Waals surface area contributed by atoms with Crippen molar-refractivity contribution in [1.82, 2.24) is 19.4 Å². The lowest BCUT2D eigenvalue weighted by Gasteiger charge is -2.30. The van der Waals surface area contributed by atoms with E-state index in [9.17, 15) is 13.2 Å². The van der Waals surface area contributed by atoms with Crippen molar-refractivity contribution in [1.29, 1.82) is 0 Å². The Kier molecular flexibility index (Phi) is 6.31. The van der Waals surface area contributed by atoms with E-state index in [-0.39, 0.29) is 18.4 Å². The van der Waals surface area contributed by atoms with Crippen molar-refractivity contribution in [2.75, 3.05) is 13.1 Å². The first-order valence-electron chi connectivity index (χ1n) is 9.89. The number of benzene rings is 1. The molecule has 3 aromatic rings. The van der Waals surface area contributed by atoms with Gasteiger partial charge in [-0.3, -0.25) is 9.48 Å². The lowest BCUT2D eigenvalue weighted by atomic mass is 9.98. The lowest BCUT2D eigenvalue weighted by molar-refractivity contribution is -0.126. The number of rotatable bonds is 7. The number of thiophene rings is 1.